The summed E-state index contributed by atoms with van der Waals surface area (Å²) in [5, 5.41) is 1.25. The molecule has 0 bridgehead atoms. The van der Waals surface area contributed by atoms with Crippen molar-refractivity contribution in [1.29, 1.82) is 0 Å². The van der Waals surface area contributed by atoms with E-state index in [1.807, 2.05) is 68.4 Å². The highest BCUT2D eigenvalue weighted by Gasteiger charge is 2.45. The number of anilines is 1. The number of amides is 1. The Bertz CT molecular complexity index is 1710. The molecule has 2 aromatic heterocycles. The molecule has 5 aromatic rings. The van der Waals surface area contributed by atoms with E-state index in [1.165, 1.54) is 11.3 Å². The van der Waals surface area contributed by atoms with Gasteiger partial charge >= 0.3 is 0 Å². The van der Waals surface area contributed by atoms with Crippen molar-refractivity contribution in [2.75, 3.05) is 4.90 Å². The van der Waals surface area contributed by atoms with Crippen LogP contribution in [0, 0.1) is 13.8 Å². The minimum absolute atomic E-state index is 0.0194. The number of fused-ring (bicyclic) bond motifs is 2. The van der Waals surface area contributed by atoms with Crippen molar-refractivity contribution in [3.8, 4) is 5.75 Å². The fraction of sp³-hybridized carbons (Fsp3) is 0.138. The number of thiazole rings is 1. The predicted molar refractivity (Wildman–Crippen MR) is 145 cm³/mol. The average molecular weight is 529 g/mol. The molecule has 184 valence electrons. The van der Waals surface area contributed by atoms with Crippen LogP contribution in [0.15, 0.2) is 82.0 Å². The molecule has 8 heteroatoms. The van der Waals surface area contributed by atoms with Crippen LogP contribution in [-0.4, -0.2) is 10.9 Å². The van der Waals surface area contributed by atoms with Gasteiger partial charge in [-0.1, -0.05) is 54.1 Å². The number of aryl methyl sites for hydroxylation is 2. The van der Waals surface area contributed by atoms with E-state index >= 15 is 0 Å². The maximum absolute atomic E-state index is 13.8. The quantitative estimate of drug-likeness (QED) is 0.249. The van der Waals surface area contributed by atoms with Crippen molar-refractivity contribution in [2.45, 2.75) is 26.5 Å². The molecule has 1 atom stereocenters. The Kier molecular flexibility index (Phi) is 5.82. The van der Waals surface area contributed by atoms with Gasteiger partial charge < -0.3 is 9.15 Å². The number of hydrogen-bond acceptors (Lipinski definition) is 6. The predicted octanol–water partition coefficient (Wildman–Crippen LogP) is 6.85. The first-order chi connectivity index (χ1) is 17.9. The molecule has 6 nitrogen and oxygen atoms in total. The molecule has 0 saturated carbocycles. The number of carbonyl (C=O) groups is 1. The minimum atomic E-state index is -0.729. The number of carbonyl (C=O) groups excluding carboxylic acids is 1. The van der Waals surface area contributed by atoms with Crippen molar-refractivity contribution in [3.63, 3.8) is 0 Å². The number of nitrogens with zero attached hydrogens (tertiary/aromatic N) is 2. The van der Waals surface area contributed by atoms with Crippen LogP contribution < -0.4 is 15.1 Å². The van der Waals surface area contributed by atoms with Crippen LogP contribution in [0.3, 0.4) is 0 Å². The maximum Gasteiger partial charge on any atom is 0.297 e. The highest BCUT2D eigenvalue weighted by molar-refractivity contribution is 7.15. The number of aromatic nitrogens is 1. The van der Waals surface area contributed by atoms with Crippen molar-refractivity contribution in [1.82, 2.24) is 4.98 Å². The second-order valence-corrected chi connectivity index (χ2v) is 10.5. The molecule has 0 N–H and O–H groups in total. The number of ether oxygens (including phenoxy) is 1. The van der Waals surface area contributed by atoms with Crippen molar-refractivity contribution in [2.24, 2.45) is 0 Å². The van der Waals surface area contributed by atoms with Gasteiger partial charge in [0.05, 0.1) is 22.7 Å². The summed E-state index contributed by atoms with van der Waals surface area (Å²) >= 11 is 7.60. The van der Waals surface area contributed by atoms with Gasteiger partial charge in [-0.25, -0.2) is 4.98 Å². The Morgan fingerprint density at radius 3 is 2.59 bits per heavy atom. The molecule has 1 aliphatic rings. The Balaban J connectivity index is 1.50. The highest BCUT2D eigenvalue weighted by atomic mass is 35.5. The molecule has 0 fully saturated rings. The molecule has 0 radical (unpaired) electrons. The maximum atomic E-state index is 13.8. The van der Waals surface area contributed by atoms with Gasteiger partial charge in [-0.2, -0.15) is 0 Å². The van der Waals surface area contributed by atoms with Gasteiger partial charge in [0.15, 0.2) is 10.6 Å². The van der Waals surface area contributed by atoms with Gasteiger partial charge in [0.1, 0.15) is 17.9 Å². The summed E-state index contributed by atoms with van der Waals surface area (Å²) < 4.78 is 12.1. The van der Waals surface area contributed by atoms with E-state index in [1.54, 1.807) is 23.1 Å². The molecule has 1 amide bonds. The first-order valence-corrected chi connectivity index (χ1v) is 12.9. The highest BCUT2D eigenvalue weighted by Crippen LogP contribution is 2.43. The summed E-state index contributed by atoms with van der Waals surface area (Å²) in [6.45, 7) is 4.25. The van der Waals surface area contributed by atoms with E-state index in [0.29, 0.717) is 33.5 Å². The Morgan fingerprint density at radius 2 is 1.84 bits per heavy atom. The molecular formula is C29H21ClN2O4S. The normalized spacial score (nSPS) is 14.8. The molecule has 1 unspecified atom stereocenters. The van der Waals surface area contributed by atoms with Crippen molar-refractivity contribution < 1.29 is 13.9 Å². The van der Waals surface area contributed by atoms with E-state index < -0.39 is 11.9 Å². The summed E-state index contributed by atoms with van der Waals surface area (Å²) in [4.78, 5) is 34.8. The summed E-state index contributed by atoms with van der Waals surface area (Å²) in [6, 6.07) is 21.4. The monoisotopic (exact) mass is 528 g/mol. The zero-order valence-electron chi connectivity index (χ0n) is 20.0. The zero-order valence-corrected chi connectivity index (χ0v) is 21.6. The zero-order chi connectivity index (χ0) is 25.7. The lowest BCUT2D eigenvalue weighted by Crippen LogP contribution is -2.29. The largest absolute Gasteiger partial charge is 0.489 e. The third kappa shape index (κ3) is 4.10. The average Bonchev–Trinajstić information content (AvgIpc) is 3.39. The van der Waals surface area contributed by atoms with E-state index in [4.69, 9.17) is 20.8 Å². The molecule has 0 aliphatic carbocycles. The SMILES string of the molecule is Cc1nc(N2C(=O)c3oc4ccc(Cl)cc4c(=O)c3C2c2cccc(OCc3ccccc3)c2)sc1C. The minimum Gasteiger partial charge on any atom is -0.489 e. The van der Waals surface area contributed by atoms with Crippen LogP contribution in [0.5, 0.6) is 5.75 Å². The number of halogens is 1. The number of benzene rings is 3. The van der Waals surface area contributed by atoms with E-state index in [0.717, 1.165) is 21.7 Å². The van der Waals surface area contributed by atoms with Crippen molar-refractivity contribution >= 4 is 44.9 Å². The van der Waals surface area contributed by atoms with Gasteiger partial charge in [-0.15, -0.1) is 11.3 Å². The van der Waals surface area contributed by atoms with E-state index in [2.05, 4.69) is 4.98 Å². The molecule has 1 aliphatic heterocycles. The molecular weight excluding hydrogens is 508 g/mol. The smallest absolute Gasteiger partial charge is 0.297 e. The topological polar surface area (TPSA) is 72.6 Å². The lowest BCUT2D eigenvalue weighted by Gasteiger charge is -2.23. The molecule has 3 heterocycles. The van der Waals surface area contributed by atoms with Gasteiger partial charge in [0.25, 0.3) is 5.91 Å². The van der Waals surface area contributed by atoms with Crippen LogP contribution in [0.1, 0.15) is 43.9 Å². The van der Waals surface area contributed by atoms with Gasteiger partial charge in [-0.05, 0) is 55.3 Å². The first-order valence-electron chi connectivity index (χ1n) is 11.7. The van der Waals surface area contributed by atoms with Gasteiger partial charge in [-0.3, -0.25) is 14.5 Å². The van der Waals surface area contributed by atoms with Crippen LogP contribution in [0.25, 0.3) is 11.0 Å². The van der Waals surface area contributed by atoms with Gasteiger partial charge in [0.2, 0.25) is 5.76 Å². The Hall–Kier alpha value is -3.94. The lowest BCUT2D eigenvalue weighted by molar-refractivity contribution is 0.0971. The Labute approximate surface area is 221 Å². The van der Waals surface area contributed by atoms with E-state index in [9.17, 15) is 9.59 Å². The standard InChI is InChI=1S/C29H21ClN2O4S/c1-16-17(2)37-29(31-16)32-25(19-9-6-10-21(13-19)35-15-18-7-4-3-5-8-18)24-26(33)22-14-20(30)11-12-23(22)36-27(24)28(32)34/h3-14,25H,15H2,1-2H3. The molecule has 37 heavy (non-hydrogen) atoms. The second kappa shape index (κ2) is 9.18. The molecule has 0 spiro atoms. The lowest BCUT2D eigenvalue weighted by atomic mass is 9.98. The van der Waals surface area contributed by atoms with Gasteiger partial charge in [0, 0.05) is 9.90 Å². The summed E-state index contributed by atoms with van der Waals surface area (Å²) in [5.74, 6) is 0.242. The fourth-order valence-electron chi connectivity index (χ4n) is 4.53. The summed E-state index contributed by atoms with van der Waals surface area (Å²) in [7, 11) is 0. The third-order valence-corrected chi connectivity index (χ3v) is 7.78. The Morgan fingerprint density at radius 1 is 1.03 bits per heavy atom. The summed E-state index contributed by atoms with van der Waals surface area (Å²) in [6.07, 6.45) is 0. The van der Waals surface area contributed by atoms with Crippen molar-refractivity contribution in [3.05, 3.63) is 121 Å². The van der Waals surface area contributed by atoms with Crippen LogP contribution in [-0.2, 0) is 6.61 Å². The third-order valence-electron chi connectivity index (χ3n) is 6.48. The van der Waals surface area contributed by atoms with Crippen LogP contribution in [0.2, 0.25) is 5.02 Å². The fourth-order valence-corrected chi connectivity index (χ4v) is 5.64. The number of rotatable bonds is 5. The molecule has 0 saturated heterocycles. The first kappa shape index (κ1) is 23.5. The van der Waals surface area contributed by atoms with E-state index in [-0.39, 0.29) is 16.8 Å². The summed E-state index contributed by atoms with van der Waals surface area (Å²) in [5.41, 5.74) is 2.88. The number of hydrogen-bond donors (Lipinski definition) is 0. The molecule has 3 aromatic carbocycles. The van der Waals surface area contributed by atoms with Crippen LogP contribution >= 0.6 is 22.9 Å². The molecule has 6 rings (SSSR count). The second-order valence-electron chi connectivity index (χ2n) is 8.88. The van der Waals surface area contributed by atoms with Crippen LogP contribution in [0.4, 0.5) is 5.13 Å².